The fraction of sp³-hybridized carbons (Fsp3) is 0.200. The predicted molar refractivity (Wildman–Crippen MR) is 104 cm³/mol. The van der Waals surface area contributed by atoms with Crippen LogP contribution in [0.25, 0.3) is 11.3 Å². The van der Waals surface area contributed by atoms with Crippen LogP contribution in [0, 0.1) is 32.1 Å². The third kappa shape index (κ3) is 4.36. The third-order valence-corrected chi connectivity index (χ3v) is 4.90. The molecular formula is C20H18N4O2S. The SMILES string of the molecule is Cc1nc(SCC(=O)Nc2oc(C)c(C)c2C#N)cc(-c2ccccc2)n1. The number of anilines is 1. The highest BCUT2D eigenvalue weighted by atomic mass is 32.2. The summed E-state index contributed by atoms with van der Waals surface area (Å²) in [6, 6.07) is 13.7. The molecule has 0 aliphatic heterocycles. The van der Waals surface area contributed by atoms with E-state index in [1.54, 1.807) is 13.8 Å². The number of rotatable bonds is 5. The zero-order valence-corrected chi connectivity index (χ0v) is 16.1. The van der Waals surface area contributed by atoms with E-state index in [2.05, 4.69) is 21.4 Å². The van der Waals surface area contributed by atoms with Gasteiger partial charge in [-0.3, -0.25) is 10.1 Å². The number of carbonyl (C=O) groups is 1. The van der Waals surface area contributed by atoms with E-state index in [0.29, 0.717) is 22.2 Å². The highest BCUT2D eigenvalue weighted by molar-refractivity contribution is 7.99. The molecule has 6 nitrogen and oxygen atoms in total. The molecule has 2 aromatic heterocycles. The van der Waals surface area contributed by atoms with Crippen molar-refractivity contribution < 1.29 is 9.21 Å². The normalized spacial score (nSPS) is 10.4. The van der Waals surface area contributed by atoms with Gasteiger partial charge in [-0.15, -0.1) is 0 Å². The third-order valence-electron chi connectivity index (χ3n) is 3.99. The van der Waals surface area contributed by atoms with Crippen LogP contribution in [0.3, 0.4) is 0 Å². The first kappa shape index (κ1) is 18.7. The minimum Gasteiger partial charge on any atom is -0.444 e. The number of nitrogens with zero attached hydrogens (tertiary/aromatic N) is 3. The summed E-state index contributed by atoms with van der Waals surface area (Å²) in [6.45, 7) is 5.37. The zero-order valence-electron chi connectivity index (χ0n) is 15.2. The van der Waals surface area contributed by atoms with E-state index >= 15 is 0 Å². The Bertz CT molecular complexity index is 1020. The van der Waals surface area contributed by atoms with Crippen molar-refractivity contribution in [3.05, 3.63) is 59.1 Å². The lowest BCUT2D eigenvalue weighted by molar-refractivity contribution is -0.113. The molecule has 27 heavy (non-hydrogen) atoms. The van der Waals surface area contributed by atoms with Crippen LogP contribution >= 0.6 is 11.8 Å². The minimum absolute atomic E-state index is 0.147. The van der Waals surface area contributed by atoms with Gasteiger partial charge in [0, 0.05) is 11.1 Å². The molecule has 2 heterocycles. The van der Waals surface area contributed by atoms with E-state index in [1.165, 1.54) is 11.8 Å². The maximum Gasteiger partial charge on any atom is 0.237 e. The van der Waals surface area contributed by atoms with Crippen LogP contribution in [0.5, 0.6) is 0 Å². The maximum absolute atomic E-state index is 12.3. The lowest BCUT2D eigenvalue weighted by Gasteiger charge is -2.06. The van der Waals surface area contributed by atoms with E-state index in [1.807, 2.05) is 43.3 Å². The van der Waals surface area contributed by atoms with Crippen molar-refractivity contribution in [2.24, 2.45) is 0 Å². The molecule has 1 amide bonds. The number of nitrogens with one attached hydrogen (secondary N) is 1. The predicted octanol–water partition coefficient (Wildman–Crippen LogP) is 4.26. The van der Waals surface area contributed by atoms with Crippen molar-refractivity contribution in [2.45, 2.75) is 25.8 Å². The summed E-state index contributed by atoms with van der Waals surface area (Å²) in [5.41, 5.74) is 2.90. The van der Waals surface area contributed by atoms with E-state index in [4.69, 9.17) is 4.42 Å². The van der Waals surface area contributed by atoms with E-state index in [9.17, 15) is 10.1 Å². The molecule has 1 N–H and O–H groups in total. The molecule has 0 aliphatic rings. The molecule has 3 aromatic rings. The molecule has 0 saturated heterocycles. The summed E-state index contributed by atoms with van der Waals surface area (Å²) in [4.78, 5) is 21.1. The van der Waals surface area contributed by atoms with Gasteiger partial charge in [0.15, 0.2) is 0 Å². The van der Waals surface area contributed by atoms with E-state index in [0.717, 1.165) is 16.8 Å². The number of thioether (sulfide) groups is 1. The Morgan fingerprint density at radius 3 is 2.67 bits per heavy atom. The Kier molecular flexibility index (Phi) is 5.57. The number of benzene rings is 1. The Balaban J connectivity index is 1.70. The van der Waals surface area contributed by atoms with Gasteiger partial charge in [0.25, 0.3) is 0 Å². The van der Waals surface area contributed by atoms with Crippen LogP contribution in [0.15, 0.2) is 45.8 Å². The number of amides is 1. The second kappa shape index (κ2) is 8.06. The van der Waals surface area contributed by atoms with Crippen molar-refractivity contribution in [2.75, 3.05) is 11.1 Å². The average Bonchev–Trinajstić information content (AvgIpc) is 2.93. The Hall–Kier alpha value is -3.11. The van der Waals surface area contributed by atoms with Gasteiger partial charge in [0.1, 0.15) is 28.2 Å². The topological polar surface area (TPSA) is 91.8 Å². The van der Waals surface area contributed by atoms with Crippen LogP contribution < -0.4 is 5.32 Å². The molecule has 0 spiro atoms. The highest BCUT2D eigenvalue weighted by Gasteiger charge is 2.17. The van der Waals surface area contributed by atoms with Gasteiger partial charge in [0.2, 0.25) is 11.8 Å². The molecule has 1 aromatic carbocycles. The van der Waals surface area contributed by atoms with E-state index < -0.39 is 0 Å². The van der Waals surface area contributed by atoms with Gasteiger partial charge in [0.05, 0.1) is 11.4 Å². The smallest absolute Gasteiger partial charge is 0.237 e. The molecule has 0 aliphatic carbocycles. The first-order chi connectivity index (χ1) is 13.0. The van der Waals surface area contributed by atoms with Crippen LogP contribution in [0.1, 0.15) is 22.7 Å². The molecule has 7 heteroatoms. The van der Waals surface area contributed by atoms with Crippen LogP contribution in [0.4, 0.5) is 5.88 Å². The van der Waals surface area contributed by atoms with Crippen LogP contribution in [-0.2, 0) is 4.79 Å². The quantitative estimate of drug-likeness (QED) is 0.527. The van der Waals surface area contributed by atoms with Crippen LogP contribution in [0.2, 0.25) is 0 Å². The first-order valence-electron chi connectivity index (χ1n) is 8.31. The monoisotopic (exact) mass is 378 g/mol. The fourth-order valence-electron chi connectivity index (χ4n) is 2.52. The highest BCUT2D eigenvalue weighted by Crippen LogP contribution is 2.26. The number of carbonyl (C=O) groups excluding carboxylic acids is 1. The van der Waals surface area contributed by atoms with Crippen molar-refractivity contribution in [1.82, 2.24) is 9.97 Å². The van der Waals surface area contributed by atoms with Gasteiger partial charge >= 0.3 is 0 Å². The summed E-state index contributed by atoms with van der Waals surface area (Å²) in [7, 11) is 0. The summed E-state index contributed by atoms with van der Waals surface area (Å²) < 4.78 is 5.47. The van der Waals surface area contributed by atoms with Gasteiger partial charge in [-0.25, -0.2) is 9.97 Å². The van der Waals surface area contributed by atoms with E-state index in [-0.39, 0.29) is 17.5 Å². The van der Waals surface area contributed by atoms with Crippen molar-refractivity contribution >= 4 is 23.6 Å². The molecule has 0 atom stereocenters. The molecule has 3 rings (SSSR count). The molecule has 0 radical (unpaired) electrons. The fourth-order valence-corrected chi connectivity index (χ4v) is 3.27. The number of aromatic nitrogens is 2. The number of nitriles is 1. The average molecular weight is 378 g/mol. The number of furan rings is 1. The van der Waals surface area contributed by atoms with Gasteiger partial charge in [-0.2, -0.15) is 5.26 Å². The second-order valence-corrected chi connectivity index (χ2v) is 6.94. The first-order valence-corrected chi connectivity index (χ1v) is 9.30. The van der Waals surface area contributed by atoms with Gasteiger partial charge in [-0.1, -0.05) is 42.1 Å². The molecule has 0 saturated carbocycles. The zero-order chi connectivity index (χ0) is 19.4. The maximum atomic E-state index is 12.3. The Morgan fingerprint density at radius 1 is 1.22 bits per heavy atom. The van der Waals surface area contributed by atoms with Crippen molar-refractivity contribution in [3.63, 3.8) is 0 Å². The molecule has 0 unspecified atom stereocenters. The summed E-state index contributed by atoms with van der Waals surface area (Å²) >= 11 is 1.31. The Morgan fingerprint density at radius 2 is 1.96 bits per heavy atom. The molecule has 136 valence electrons. The summed E-state index contributed by atoms with van der Waals surface area (Å²) in [5, 5.41) is 12.6. The molecule has 0 bridgehead atoms. The largest absolute Gasteiger partial charge is 0.444 e. The lowest BCUT2D eigenvalue weighted by Crippen LogP contribution is -2.14. The van der Waals surface area contributed by atoms with Crippen molar-refractivity contribution in [1.29, 1.82) is 5.26 Å². The lowest BCUT2D eigenvalue weighted by atomic mass is 10.1. The van der Waals surface area contributed by atoms with Gasteiger partial charge < -0.3 is 4.42 Å². The minimum atomic E-state index is -0.261. The molecular weight excluding hydrogens is 360 g/mol. The standard InChI is InChI=1S/C20H18N4O2S/c1-12-13(2)26-20(16(12)10-21)24-18(25)11-27-19-9-17(22-14(3)23-19)15-7-5-4-6-8-15/h4-9H,11H2,1-3H3,(H,24,25). The van der Waals surface area contributed by atoms with Crippen LogP contribution in [-0.4, -0.2) is 21.6 Å². The number of hydrogen-bond acceptors (Lipinski definition) is 6. The Labute approximate surface area is 161 Å². The van der Waals surface area contributed by atoms with Crippen molar-refractivity contribution in [3.8, 4) is 17.3 Å². The van der Waals surface area contributed by atoms with Gasteiger partial charge in [-0.05, 0) is 26.8 Å². The summed E-state index contributed by atoms with van der Waals surface area (Å²) in [6.07, 6.45) is 0. The summed E-state index contributed by atoms with van der Waals surface area (Å²) in [5.74, 6) is 1.34. The molecule has 0 fully saturated rings. The number of hydrogen-bond donors (Lipinski definition) is 1. The number of aryl methyl sites for hydroxylation is 2. The second-order valence-electron chi connectivity index (χ2n) is 5.94.